The molecule has 1 aromatic carbocycles. The lowest BCUT2D eigenvalue weighted by molar-refractivity contribution is -0.274. The van der Waals surface area contributed by atoms with E-state index in [1.165, 1.54) is 12.1 Å². The highest BCUT2D eigenvalue weighted by Gasteiger charge is 2.32. The summed E-state index contributed by atoms with van der Waals surface area (Å²) in [6.45, 7) is 1.61. The van der Waals surface area contributed by atoms with Crippen LogP contribution in [0.15, 0.2) is 18.2 Å². The molecule has 0 bridgehead atoms. The Kier molecular flexibility index (Phi) is 3.80. The third-order valence-electron chi connectivity index (χ3n) is 1.91. The third kappa shape index (κ3) is 3.41. The maximum absolute atomic E-state index is 11.9. The van der Waals surface area contributed by atoms with Crippen LogP contribution < -0.4 is 4.74 Å². The van der Waals surface area contributed by atoms with Crippen LogP contribution >= 0.6 is 11.6 Å². The molecule has 0 aliphatic rings. The Labute approximate surface area is 95.0 Å². The van der Waals surface area contributed by atoms with Gasteiger partial charge in [0.2, 0.25) is 0 Å². The summed E-state index contributed by atoms with van der Waals surface area (Å²) in [7, 11) is 0. The third-order valence-corrected chi connectivity index (χ3v) is 2.21. The van der Waals surface area contributed by atoms with Gasteiger partial charge < -0.3 is 9.53 Å². The monoisotopic (exact) mass is 252 g/mol. The molecule has 0 radical (unpaired) electrons. The molecule has 0 heterocycles. The van der Waals surface area contributed by atoms with E-state index in [9.17, 15) is 18.0 Å². The van der Waals surface area contributed by atoms with Crippen molar-refractivity contribution < 1.29 is 22.7 Å². The van der Waals surface area contributed by atoms with Crippen LogP contribution in [0.1, 0.15) is 18.4 Å². The zero-order valence-electron chi connectivity index (χ0n) is 8.22. The van der Waals surface area contributed by atoms with Gasteiger partial charge in [0.1, 0.15) is 12.0 Å². The summed E-state index contributed by atoms with van der Waals surface area (Å²) >= 11 is 5.60. The first-order valence-corrected chi connectivity index (χ1v) is 4.72. The molecule has 1 unspecified atom stereocenters. The van der Waals surface area contributed by atoms with E-state index in [0.29, 0.717) is 11.8 Å². The Balaban J connectivity index is 2.96. The molecule has 1 aromatic rings. The van der Waals surface area contributed by atoms with Crippen LogP contribution in [0, 0.1) is 0 Å². The fourth-order valence-electron chi connectivity index (χ4n) is 1.09. The van der Waals surface area contributed by atoms with E-state index in [1.807, 2.05) is 0 Å². The molecule has 1 rings (SSSR count). The molecule has 2 nitrogen and oxygen atoms in total. The highest BCUT2D eigenvalue weighted by atomic mass is 35.5. The van der Waals surface area contributed by atoms with Crippen molar-refractivity contribution in [1.82, 2.24) is 0 Å². The first kappa shape index (κ1) is 12.8. The summed E-state index contributed by atoms with van der Waals surface area (Å²) in [4.78, 5) is 10.5. The van der Waals surface area contributed by atoms with Crippen LogP contribution in [0.5, 0.6) is 5.75 Å². The van der Waals surface area contributed by atoms with E-state index in [2.05, 4.69) is 4.74 Å². The van der Waals surface area contributed by atoms with Crippen molar-refractivity contribution in [3.8, 4) is 5.75 Å². The van der Waals surface area contributed by atoms with Crippen LogP contribution in [0.3, 0.4) is 0 Å². The maximum Gasteiger partial charge on any atom is 0.573 e. The van der Waals surface area contributed by atoms with Gasteiger partial charge in [0, 0.05) is 5.92 Å². The Hall–Kier alpha value is -1.23. The molecule has 0 amide bonds. The van der Waals surface area contributed by atoms with Crippen LogP contribution in [-0.4, -0.2) is 12.6 Å². The number of halogens is 4. The standard InChI is InChI=1S/C10H8ClF3O2/c1-6(5-15)7-2-3-9(8(11)4-7)16-10(12,13)14/h2-6H,1H3. The van der Waals surface area contributed by atoms with Crippen LogP contribution in [0.25, 0.3) is 0 Å². The SMILES string of the molecule is CC(C=O)c1ccc(OC(F)(F)F)c(Cl)c1. The lowest BCUT2D eigenvalue weighted by Crippen LogP contribution is -2.17. The van der Waals surface area contributed by atoms with Gasteiger partial charge >= 0.3 is 6.36 Å². The molecule has 0 saturated carbocycles. The van der Waals surface area contributed by atoms with Gasteiger partial charge in [-0.05, 0) is 17.7 Å². The number of hydrogen-bond acceptors (Lipinski definition) is 2. The predicted octanol–water partition coefficient (Wildman–Crippen LogP) is 3.54. The molecule has 0 aliphatic heterocycles. The molecule has 6 heteroatoms. The van der Waals surface area contributed by atoms with E-state index in [0.717, 1.165) is 6.07 Å². The molecular weight excluding hydrogens is 245 g/mol. The molecule has 0 aromatic heterocycles. The summed E-state index contributed by atoms with van der Waals surface area (Å²) in [5.74, 6) is -0.895. The Bertz CT molecular complexity index is 390. The second kappa shape index (κ2) is 4.74. The minimum atomic E-state index is -4.78. The van der Waals surface area contributed by atoms with E-state index in [4.69, 9.17) is 11.6 Å². The van der Waals surface area contributed by atoms with Gasteiger partial charge in [-0.3, -0.25) is 0 Å². The predicted molar refractivity (Wildman–Crippen MR) is 52.6 cm³/mol. The Morgan fingerprint density at radius 2 is 2.06 bits per heavy atom. The van der Waals surface area contributed by atoms with Crippen molar-refractivity contribution in [3.05, 3.63) is 28.8 Å². The van der Waals surface area contributed by atoms with Gasteiger partial charge in [-0.25, -0.2) is 0 Å². The molecule has 0 fully saturated rings. The topological polar surface area (TPSA) is 26.3 Å². The van der Waals surface area contributed by atoms with E-state index >= 15 is 0 Å². The zero-order chi connectivity index (χ0) is 12.3. The first-order chi connectivity index (χ1) is 7.33. The van der Waals surface area contributed by atoms with E-state index in [1.54, 1.807) is 6.92 Å². The van der Waals surface area contributed by atoms with Crippen molar-refractivity contribution in [2.24, 2.45) is 0 Å². The number of alkyl halides is 3. The summed E-state index contributed by atoms with van der Waals surface area (Å²) in [5, 5.41) is -0.177. The molecule has 0 aliphatic carbocycles. The van der Waals surface area contributed by atoms with Crippen molar-refractivity contribution >= 4 is 17.9 Å². The lowest BCUT2D eigenvalue weighted by Gasteiger charge is -2.12. The molecular formula is C10H8ClF3O2. The van der Waals surface area contributed by atoms with Crippen molar-refractivity contribution in [1.29, 1.82) is 0 Å². The number of benzene rings is 1. The molecule has 0 saturated heterocycles. The van der Waals surface area contributed by atoms with Gasteiger partial charge in [-0.15, -0.1) is 13.2 Å². The second-order valence-electron chi connectivity index (χ2n) is 3.16. The number of carbonyl (C=O) groups is 1. The lowest BCUT2D eigenvalue weighted by atomic mass is 10.0. The number of carbonyl (C=O) groups excluding carboxylic acids is 1. The number of aldehydes is 1. The first-order valence-electron chi connectivity index (χ1n) is 4.34. The summed E-state index contributed by atoms with van der Waals surface area (Å²) in [5.41, 5.74) is 0.537. The minimum Gasteiger partial charge on any atom is -0.404 e. The fraction of sp³-hybridized carbons (Fsp3) is 0.300. The summed E-state index contributed by atoms with van der Waals surface area (Å²) in [6, 6.07) is 3.73. The number of rotatable bonds is 3. The van der Waals surface area contributed by atoms with Gasteiger partial charge in [0.25, 0.3) is 0 Å². The van der Waals surface area contributed by atoms with Crippen molar-refractivity contribution in [2.75, 3.05) is 0 Å². The number of ether oxygens (including phenoxy) is 1. The maximum atomic E-state index is 11.9. The summed E-state index contributed by atoms with van der Waals surface area (Å²) in [6.07, 6.45) is -4.10. The molecule has 16 heavy (non-hydrogen) atoms. The quantitative estimate of drug-likeness (QED) is 0.769. The van der Waals surface area contributed by atoms with Crippen molar-refractivity contribution in [3.63, 3.8) is 0 Å². The van der Waals surface area contributed by atoms with Crippen LogP contribution in [0.2, 0.25) is 5.02 Å². The second-order valence-corrected chi connectivity index (χ2v) is 3.57. The molecule has 88 valence electrons. The fourth-order valence-corrected chi connectivity index (χ4v) is 1.31. The van der Waals surface area contributed by atoms with Crippen LogP contribution in [-0.2, 0) is 4.79 Å². The average molecular weight is 253 g/mol. The molecule has 0 spiro atoms. The van der Waals surface area contributed by atoms with E-state index < -0.39 is 18.0 Å². The van der Waals surface area contributed by atoms with Crippen LogP contribution in [0.4, 0.5) is 13.2 Å². The van der Waals surface area contributed by atoms with Crippen molar-refractivity contribution in [2.45, 2.75) is 19.2 Å². The van der Waals surface area contributed by atoms with Gasteiger partial charge in [0.05, 0.1) is 5.02 Å². The largest absolute Gasteiger partial charge is 0.573 e. The number of hydrogen-bond donors (Lipinski definition) is 0. The Morgan fingerprint density at radius 1 is 1.44 bits per heavy atom. The normalized spacial score (nSPS) is 13.3. The highest BCUT2D eigenvalue weighted by Crippen LogP contribution is 2.32. The summed E-state index contributed by atoms with van der Waals surface area (Å²) < 4.78 is 39.4. The smallest absolute Gasteiger partial charge is 0.404 e. The average Bonchev–Trinajstić information content (AvgIpc) is 2.18. The minimum absolute atomic E-state index is 0.177. The highest BCUT2D eigenvalue weighted by molar-refractivity contribution is 6.32. The van der Waals surface area contributed by atoms with Gasteiger partial charge in [-0.2, -0.15) is 0 Å². The van der Waals surface area contributed by atoms with Gasteiger partial charge in [-0.1, -0.05) is 24.6 Å². The van der Waals surface area contributed by atoms with E-state index in [-0.39, 0.29) is 5.02 Å². The molecule has 0 N–H and O–H groups in total. The molecule has 1 atom stereocenters. The Morgan fingerprint density at radius 3 is 2.50 bits per heavy atom. The van der Waals surface area contributed by atoms with Gasteiger partial charge in [0.15, 0.2) is 0 Å². The zero-order valence-corrected chi connectivity index (χ0v) is 8.97.